The Hall–Kier alpha value is -1.13. The minimum Gasteiger partial charge on any atom is -0.496 e. The van der Waals surface area contributed by atoms with Gasteiger partial charge in [-0.15, -0.1) is 0 Å². The molecule has 0 aromatic heterocycles. The highest BCUT2D eigenvalue weighted by molar-refractivity contribution is 5.37. The summed E-state index contributed by atoms with van der Waals surface area (Å²) in [5, 5.41) is 20.4. The van der Waals surface area contributed by atoms with Gasteiger partial charge in [-0.1, -0.05) is 13.8 Å². The number of hydrogen-bond donors (Lipinski definition) is 2. The Morgan fingerprint density at radius 3 is 2.41 bits per heavy atom. The summed E-state index contributed by atoms with van der Waals surface area (Å²) in [4.78, 5) is 0. The number of rotatable bonds is 5. The molecule has 1 rings (SSSR count). The van der Waals surface area contributed by atoms with Crippen LogP contribution in [0.15, 0.2) is 18.2 Å². The van der Waals surface area contributed by atoms with Crippen molar-refractivity contribution in [2.24, 2.45) is 0 Å². The molecule has 0 saturated carbocycles. The predicted octanol–water partition coefficient (Wildman–Crippen LogP) is 2.42. The third kappa shape index (κ3) is 2.76. The number of methoxy groups -OCH3 is 1. The van der Waals surface area contributed by atoms with Crippen molar-refractivity contribution in [1.29, 1.82) is 0 Å². The molecule has 17 heavy (non-hydrogen) atoms. The molecule has 1 unspecified atom stereocenters. The molecule has 1 aromatic carbocycles. The van der Waals surface area contributed by atoms with Crippen LogP contribution in [0.5, 0.6) is 5.75 Å². The molecule has 0 aliphatic carbocycles. The van der Waals surface area contributed by atoms with E-state index in [0.717, 1.165) is 0 Å². The van der Waals surface area contributed by atoms with Crippen LogP contribution in [0.4, 0.5) is 4.39 Å². The number of hydrogen-bond acceptors (Lipinski definition) is 3. The molecule has 0 heterocycles. The molecule has 0 fully saturated rings. The Bertz CT molecular complexity index is 375. The Morgan fingerprint density at radius 2 is 1.94 bits per heavy atom. The molecule has 0 radical (unpaired) electrons. The first kappa shape index (κ1) is 13.9. The average Bonchev–Trinajstić information content (AvgIpc) is 2.36. The second kappa shape index (κ2) is 5.47. The van der Waals surface area contributed by atoms with Crippen LogP contribution < -0.4 is 4.74 Å². The second-order valence-electron chi connectivity index (χ2n) is 4.10. The van der Waals surface area contributed by atoms with Crippen LogP contribution in [-0.4, -0.2) is 22.9 Å². The minimum atomic E-state index is -1.26. The Labute approximate surface area is 101 Å². The minimum absolute atomic E-state index is 0.277. The van der Waals surface area contributed by atoms with Crippen molar-refractivity contribution in [3.05, 3.63) is 29.6 Å². The number of aliphatic hydroxyl groups is 2. The Balaban J connectivity index is 3.18. The molecular weight excluding hydrogens is 223 g/mol. The lowest BCUT2D eigenvalue weighted by atomic mass is 9.86. The maximum atomic E-state index is 13.2. The molecular formula is C13H19FO3. The summed E-state index contributed by atoms with van der Waals surface area (Å²) in [5.74, 6) is -0.0892. The summed E-state index contributed by atoms with van der Waals surface area (Å²) in [5.41, 5.74) is -0.986. The van der Waals surface area contributed by atoms with Crippen LogP contribution in [0.1, 0.15) is 38.4 Å². The fourth-order valence-electron chi connectivity index (χ4n) is 1.85. The Morgan fingerprint density at radius 1 is 1.35 bits per heavy atom. The van der Waals surface area contributed by atoms with Gasteiger partial charge in [0.05, 0.1) is 12.7 Å². The molecule has 0 aliphatic heterocycles. The zero-order valence-corrected chi connectivity index (χ0v) is 10.4. The fraction of sp³-hybridized carbons (Fsp3) is 0.538. The normalized spacial score (nSPS) is 13.5. The van der Waals surface area contributed by atoms with Crippen LogP contribution in [-0.2, 0) is 0 Å². The standard InChI is InChI=1S/C13H19FO3/c1-4-13(16,5-2)12(15)10-8-9(14)6-7-11(10)17-3/h6-8,12,15-16H,4-5H2,1-3H3. The molecule has 0 bridgehead atoms. The van der Waals surface area contributed by atoms with Gasteiger partial charge in [-0.05, 0) is 31.0 Å². The molecule has 1 atom stereocenters. The predicted molar refractivity (Wildman–Crippen MR) is 63.4 cm³/mol. The van der Waals surface area contributed by atoms with Crippen LogP contribution in [0, 0.1) is 5.82 Å². The van der Waals surface area contributed by atoms with Crippen molar-refractivity contribution in [1.82, 2.24) is 0 Å². The summed E-state index contributed by atoms with van der Waals surface area (Å²) in [6.07, 6.45) is -0.405. The molecule has 0 aliphatic rings. The highest BCUT2D eigenvalue weighted by atomic mass is 19.1. The SMILES string of the molecule is CCC(O)(CC)C(O)c1cc(F)ccc1OC. The van der Waals surface area contributed by atoms with Crippen LogP contribution >= 0.6 is 0 Å². The van der Waals surface area contributed by atoms with Crippen molar-refractivity contribution in [2.75, 3.05) is 7.11 Å². The van der Waals surface area contributed by atoms with Gasteiger partial charge in [-0.3, -0.25) is 0 Å². The van der Waals surface area contributed by atoms with Gasteiger partial charge in [0.25, 0.3) is 0 Å². The van der Waals surface area contributed by atoms with E-state index in [4.69, 9.17) is 4.74 Å². The van der Waals surface area contributed by atoms with Crippen molar-refractivity contribution < 1.29 is 19.3 Å². The first-order chi connectivity index (χ1) is 7.98. The van der Waals surface area contributed by atoms with Gasteiger partial charge in [0.2, 0.25) is 0 Å². The van der Waals surface area contributed by atoms with E-state index < -0.39 is 17.5 Å². The van der Waals surface area contributed by atoms with Gasteiger partial charge < -0.3 is 14.9 Å². The average molecular weight is 242 g/mol. The van der Waals surface area contributed by atoms with E-state index >= 15 is 0 Å². The number of benzene rings is 1. The van der Waals surface area contributed by atoms with E-state index in [9.17, 15) is 14.6 Å². The molecule has 0 saturated heterocycles. The monoisotopic (exact) mass is 242 g/mol. The third-order valence-corrected chi connectivity index (χ3v) is 3.22. The molecule has 3 nitrogen and oxygen atoms in total. The highest BCUT2D eigenvalue weighted by Gasteiger charge is 2.34. The van der Waals surface area contributed by atoms with Gasteiger partial charge >= 0.3 is 0 Å². The first-order valence-corrected chi connectivity index (χ1v) is 5.72. The maximum Gasteiger partial charge on any atom is 0.124 e. The van der Waals surface area contributed by atoms with Crippen LogP contribution in [0.25, 0.3) is 0 Å². The quantitative estimate of drug-likeness (QED) is 0.833. The molecule has 1 aromatic rings. The summed E-state index contributed by atoms with van der Waals surface area (Å²) in [7, 11) is 1.44. The lowest BCUT2D eigenvalue weighted by Gasteiger charge is -2.31. The zero-order chi connectivity index (χ0) is 13.1. The van der Waals surface area contributed by atoms with Gasteiger partial charge in [0.15, 0.2) is 0 Å². The Kier molecular flexibility index (Phi) is 4.48. The highest BCUT2D eigenvalue weighted by Crippen LogP contribution is 2.36. The number of halogens is 1. The van der Waals surface area contributed by atoms with Crippen molar-refractivity contribution in [2.45, 2.75) is 38.4 Å². The van der Waals surface area contributed by atoms with Gasteiger partial charge in [0, 0.05) is 5.56 Å². The van der Waals surface area contributed by atoms with Crippen LogP contribution in [0.2, 0.25) is 0 Å². The van der Waals surface area contributed by atoms with E-state index in [1.54, 1.807) is 13.8 Å². The molecule has 0 spiro atoms. The number of ether oxygens (including phenoxy) is 1. The second-order valence-corrected chi connectivity index (χ2v) is 4.10. The summed E-state index contributed by atoms with van der Waals surface area (Å²) in [6, 6.07) is 3.89. The van der Waals surface area contributed by atoms with E-state index in [2.05, 4.69) is 0 Å². The summed E-state index contributed by atoms with van der Waals surface area (Å²) < 4.78 is 18.3. The van der Waals surface area contributed by atoms with Gasteiger partial charge in [0.1, 0.15) is 17.7 Å². The number of aliphatic hydroxyl groups excluding tert-OH is 1. The lowest BCUT2D eigenvalue weighted by Crippen LogP contribution is -2.35. The fourth-order valence-corrected chi connectivity index (χ4v) is 1.85. The van der Waals surface area contributed by atoms with Crippen molar-refractivity contribution in [3.8, 4) is 5.75 Å². The first-order valence-electron chi connectivity index (χ1n) is 5.72. The van der Waals surface area contributed by atoms with Crippen LogP contribution in [0.3, 0.4) is 0 Å². The molecule has 4 heteroatoms. The van der Waals surface area contributed by atoms with Gasteiger partial charge in [-0.2, -0.15) is 0 Å². The van der Waals surface area contributed by atoms with Crippen molar-refractivity contribution >= 4 is 0 Å². The summed E-state index contributed by atoms with van der Waals surface area (Å²) >= 11 is 0. The van der Waals surface area contributed by atoms with Gasteiger partial charge in [-0.25, -0.2) is 4.39 Å². The third-order valence-electron chi connectivity index (χ3n) is 3.22. The lowest BCUT2D eigenvalue weighted by molar-refractivity contribution is -0.0829. The van der Waals surface area contributed by atoms with Crippen molar-refractivity contribution in [3.63, 3.8) is 0 Å². The van der Waals surface area contributed by atoms with E-state index in [1.165, 1.54) is 25.3 Å². The smallest absolute Gasteiger partial charge is 0.124 e. The molecule has 96 valence electrons. The molecule has 0 amide bonds. The maximum absolute atomic E-state index is 13.2. The van der Waals surface area contributed by atoms with E-state index in [1.807, 2.05) is 0 Å². The summed E-state index contributed by atoms with van der Waals surface area (Å²) in [6.45, 7) is 3.55. The van der Waals surface area contributed by atoms with E-state index in [-0.39, 0.29) is 5.56 Å². The zero-order valence-electron chi connectivity index (χ0n) is 10.4. The molecule has 2 N–H and O–H groups in total. The van der Waals surface area contributed by atoms with E-state index in [0.29, 0.717) is 18.6 Å². The largest absolute Gasteiger partial charge is 0.496 e. The topological polar surface area (TPSA) is 49.7 Å².